The summed E-state index contributed by atoms with van der Waals surface area (Å²) in [6, 6.07) is 9.82. The van der Waals surface area contributed by atoms with Gasteiger partial charge in [0.2, 0.25) is 0 Å². The van der Waals surface area contributed by atoms with E-state index in [4.69, 9.17) is 14.3 Å². The second kappa shape index (κ2) is 15.6. The van der Waals surface area contributed by atoms with Gasteiger partial charge in [-0.05, 0) is 24.8 Å². The molecule has 6 nitrogen and oxygen atoms in total. The third-order valence-corrected chi connectivity index (χ3v) is 4.27. The Morgan fingerprint density at radius 1 is 1.04 bits per heavy atom. The second-order valence-electron chi connectivity index (χ2n) is 6.55. The van der Waals surface area contributed by atoms with E-state index in [0.717, 1.165) is 31.2 Å². The summed E-state index contributed by atoms with van der Waals surface area (Å²) in [5, 5.41) is 11.0. The number of carbonyl (C=O) groups is 1. The van der Waals surface area contributed by atoms with Crippen molar-refractivity contribution in [3.8, 4) is 0 Å². The van der Waals surface area contributed by atoms with E-state index in [1.807, 2.05) is 30.3 Å². The Bertz CT molecular complexity index is 471. The lowest BCUT2D eigenvalue weighted by atomic mass is 10.1. The van der Waals surface area contributed by atoms with E-state index in [9.17, 15) is 9.90 Å². The van der Waals surface area contributed by atoms with E-state index in [2.05, 4.69) is 13.8 Å². The summed E-state index contributed by atoms with van der Waals surface area (Å²) >= 11 is 0. The van der Waals surface area contributed by atoms with E-state index < -0.39 is 0 Å². The first kappa shape index (κ1) is 23.6. The molecule has 0 aromatic heterocycles. The Balaban J connectivity index is 2.80. The highest BCUT2D eigenvalue weighted by molar-refractivity contribution is 5.36. The molecule has 154 valence electrons. The van der Waals surface area contributed by atoms with Crippen LogP contribution in [0.3, 0.4) is 0 Å². The van der Waals surface area contributed by atoms with Crippen LogP contribution in [0, 0.1) is 0 Å². The summed E-state index contributed by atoms with van der Waals surface area (Å²) in [5.41, 5.74) is 1.04. The lowest BCUT2D eigenvalue weighted by Crippen LogP contribution is -2.42. The molecular formula is C21H35NO5. The standard InChI is InChI=1S/C21H35NO5/c1-3-5-14-25-20(12-13-23)21(26-15-6-4-2)17-22(27-18-24)16-19-10-8-7-9-11-19/h7-11,18,20-21,23H,3-6,12-17H2,1-2H3/t20-,21+/m1/s1. The Morgan fingerprint density at radius 2 is 1.67 bits per heavy atom. The number of aliphatic hydroxyl groups is 1. The van der Waals surface area contributed by atoms with Crippen LogP contribution in [-0.4, -0.2) is 55.2 Å². The fourth-order valence-corrected chi connectivity index (χ4v) is 2.73. The molecule has 0 unspecified atom stereocenters. The number of hydrogen-bond donors (Lipinski definition) is 1. The van der Waals surface area contributed by atoms with Gasteiger partial charge in [0.25, 0.3) is 0 Å². The summed E-state index contributed by atoms with van der Waals surface area (Å²) in [4.78, 5) is 16.2. The molecule has 1 aromatic rings. The smallest absolute Gasteiger partial charge is 0.313 e. The normalized spacial score (nSPS) is 13.5. The zero-order valence-electron chi connectivity index (χ0n) is 16.7. The number of rotatable bonds is 17. The number of nitrogens with zero attached hydrogens (tertiary/aromatic N) is 1. The zero-order chi connectivity index (χ0) is 19.7. The molecule has 0 aliphatic carbocycles. The van der Waals surface area contributed by atoms with Crippen LogP contribution in [0.4, 0.5) is 0 Å². The number of carbonyl (C=O) groups excluding carboxylic acids is 1. The van der Waals surface area contributed by atoms with E-state index in [1.165, 1.54) is 0 Å². The van der Waals surface area contributed by atoms with Crippen LogP contribution in [0.15, 0.2) is 30.3 Å². The van der Waals surface area contributed by atoms with Crippen LogP contribution in [0.25, 0.3) is 0 Å². The van der Waals surface area contributed by atoms with Crippen LogP contribution in [0.1, 0.15) is 51.5 Å². The van der Waals surface area contributed by atoms with Crippen molar-refractivity contribution >= 4 is 6.47 Å². The third kappa shape index (κ3) is 10.4. The van der Waals surface area contributed by atoms with E-state index in [-0.39, 0.29) is 18.8 Å². The van der Waals surface area contributed by atoms with Gasteiger partial charge in [0, 0.05) is 19.8 Å². The van der Waals surface area contributed by atoms with Crippen LogP contribution in [0.2, 0.25) is 0 Å². The maximum absolute atomic E-state index is 11.0. The summed E-state index contributed by atoms with van der Waals surface area (Å²) in [6.07, 6.45) is 3.94. The molecule has 1 rings (SSSR count). The first-order chi connectivity index (χ1) is 13.2. The molecule has 0 fully saturated rings. The van der Waals surface area contributed by atoms with Gasteiger partial charge in [-0.1, -0.05) is 57.0 Å². The van der Waals surface area contributed by atoms with Gasteiger partial charge in [0.05, 0.1) is 25.3 Å². The van der Waals surface area contributed by atoms with Crippen molar-refractivity contribution < 1.29 is 24.2 Å². The minimum absolute atomic E-state index is 0.0254. The molecule has 0 saturated heterocycles. The topological polar surface area (TPSA) is 68.2 Å². The predicted octanol–water partition coefficient (Wildman–Crippen LogP) is 3.33. The summed E-state index contributed by atoms with van der Waals surface area (Å²) in [7, 11) is 0. The van der Waals surface area contributed by atoms with Crippen LogP contribution in [-0.2, 0) is 25.7 Å². The minimum atomic E-state index is -0.288. The molecule has 0 bridgehead atoms. The SMILES string of the molecule is CCCCO[C@@H](CN(Cc1ccccc1)OC=O)[C@@H](CCO)OCCCC. The molecule has 0 aliphatic heterocycles. The maximum atomic E-state index is 11.0. The predicted molar refractivity (Wildman–Crippen MR) is 105 cm³/mol. The zero-order valence-corrected chi connectivity index (χ0v) is 16.7. The van der Waals surface area contributed by atoms with Crippen molar-refractivity contribution in [2.45, 2.75) is 64.7 Å². The number of ether oxygens (including phenoxy) is 2. The lowest BCUT2D eigenvalue weighted by molar-refractivity contribution is -0.194. The molecule has 0 radical (unpaired) electrons. The molecule has 6 heteroatoms. The van der Waals surface area contributed by atoms with Crippen molar-refractivity contribution in [3.63, 3.8) is 0 Å². The van der Waals surface area contributed by atoms with Crippen molar-refractivity contribution in [1.82, 2.24) is 5.06 Å². The second-order valence-corrected chi connectivity index (χ2v) is 6.55. The molecule has 0 amide bonds. The highest BCUT2D eigenvalue weighted by atomic mass is 16.7. The van der Waals surface area contributed by atoms with Crippen molar-refractivity contribution in [2.24, 2.45) is 0 Å². The third-order valence-electron chi connectivity index (χ3n) is 4.27. The molecule has 0 aliphatic rings. The van der Waals surface area contributed by atoms with Crippen molar-refractivity contribution in [1.29, 1.82) is 0 Å². The van der Waals surface area contributed by atoms with Gasteiger partial charge >= 0.3 is 6.47 Å². The molecule has 0 heterocycles. The molecular weight excluding hydrogens is 346 g/mol. The quantitative estimate of drug-likeness (QED) is 0.254. The van der Waals surface area contributed by atoms with E-state index in [0.29, 0.717) is 39.2 Å². The minimum Gasteiger partial charge on any atom is -0.396 e. The van der Waals surface area contributed by atoms with Gasteiger partial charge in [0.15, 0.2) is 0 Å². The highest BCUT2D eigenvalue weighted by Gasteiger charge is 2.26. The van der Waals surface area contributed by atoms with Crippen LogP contribution < -0.4 is 0 Å². The fourth-order valence-electron chi connectivity index (χ4n) is 2.73. The molecule has 1 N–H and O–H groups in total. The van der Waals surface area contributed by atoms with Gasteiger partial charge in [-0.15, -0.1) is 5.06 Å². The average molecular weight is 382 g/mol. The number of unbranched alkanes of at least 4 members (excludes halogenated alkanes) is 2. The number of benzene rings is 1. The maximum Gasteiger partial charge on any atom is 0.313 e. The number of hydroxylamine groups is 2. The lowest BCUT2D eigenvalue weighted by Gasteiger charge is -2.31. The fraction of sp³-hybridized carbons (Fsp3) is 0.667. The van der Waals surface area contributed by atoms with Crippen LogP contribution >= 0.6 is 0 Å². The number of hydrogen-bond acceptors (Lipinski definition) is 6. The highest BCUT2D eigenvalue weighted by Crippen LogP contribution is 2.15. The van der Waals surface area contributed by atoms with E-state index >= 15 is 0 Å². The van der Waals surface area contributed by atoms with Gasteiger partial charge in [-0.2, -0.15) is 0 Å². The number of aliphatic hydroxyl groups excluding tert-OH is 1. The van der Waals surface area contributed by atoms with Gasteiger partial charge in [0.1, 0.15) is 0 Å². The monoisotopic (exact) mass is 381 g/mol. The molecule has 2 atom stereocenters. The summed E-state index contributed by atoms with van der Waals surface area (Å²) in [6.45, 7) is 6.77. The Labute approximate surface area is 163 Å². The average Bonchev–Trinajstić information content (AvgIpc) is 2.68. The molecule has 27 heavy (non-hydrogen) atoms. The van der Waals surface area contributed by atoms with Gasteiger partial charge in [-0.3, -0.25) is 4.79 Å². The van der Waals surface area contributed by atoms with Crippen molar-refractivity contribution in [2.75, 3.05) is 26.4 Å². The Morgan fingerprint density at radius 3 is 2.22 bits per heavy atom. The van der Waals surface area contributed by atoms with Crippen molar-refractivity contribution in [3.05, 3.63) is 35.9 Å². The van der Waals surface area contributed by atoms with Gasteiger partial charge in [-0.25, -0.2) is 0 Å². The Hall–Kier alpha value is -1.47. The first-order valence-electron chi connectivity index (χ1n) is 9.98. The van der Waals surface area contributed by atoms with Crippen LogP contribution in [0.5, 0.6) is 0 Å². The summed E-state index contributed by atoms with van der Waals surface area (Å²) in [5.74, 6) is 0. The molecule has 1 aromatic carbocycles. The Kier molecular flexibility index (Phi) is 13.6. The largest absolute Gasteiger partial charge is 0.396 e. The first-order valence-corrected chi connectivity index (χ1v) is 9.98. The molecule has 0 saturated carbocycles. The van der Waals surface area contributed by atoms with Gasteiger partial charge < -0.3 is 19.4 Å². The van der Waals surface area contributed by atoms with E-state index in [1.54, 1.807) is 5.06 Å². The molecule has 0 spiro atoms. The summed E-state index contributed by atoms with van der Waals surface area (Å²) < 4.78 is 12.1.